The molecule has 0 saturated heterocycles. The summed E-state index contributed by atoms with van der Waals surface area (Å²) in [6.45, 7) is 1.79. The van der Waals surface area contributed by atoms with Crippen LogP contribution in [0.25, 0.3) is 0 Å². The fourth-order valence-electron chi connectivity index (χ4n) is 1.01. The molecular formula is C10H15NO2S. The van der Waals surface area contributed by atoms with Crippen LogP contribution in [0.5, 0.6) is 0 Å². The maximum absolute atomic E-state index is 9.18. The summed E-state index contributed by atoms with van der Waals surface area (Å²) in [5, 5.41) is 17.8. The largest absolute Gasteiger partial charge is 0.399 e. The van der Waals surface area contributed by atoms with Gasteiger partial charge in [0.15, 0.2) is 0 Å². The number of anilines is 1. The number of aryl methyl sites for hydroxylation is 1. The molecule has 0 aliphatic heterocycles. The third kappa shape index (κ3) is 3.21. The van der Waals surface area contributed by atoms with Gasteiger partial charge in [0, 0.05) is 16.3 Å². The van der Waals surface area contributed by atoms with Crippen LogP contribution < -0.4 is 5.73 Å². The minimum Gasteiger partial charge on any atom is -0.399 e. The van der Waals surface area contributed by atoms with Crippen molar-refractivity contribution in [2.24, 2.45) is 0 Å². The van der Waals surface area contributed by atoms with E-state index in [-0.39, 0.29) is 6.61 Å². The normalized spacial score (nSPS) is 12.8. The maximum atomic E-state index is 9.18. The van der Waals surface area contributed by atoms with Crippen LogP contribution in [0.15, 0.2) is 23.1 Å². The summed E-state index contributed by atoms with van der Waals surface area (Å²) in [6, 6.07) is 5.68. The molecule has 78 valence electrons. The number of aliphatic hydroxyl groups is 2. The summed E-state index contributed by atoms with van der Waals surface area (Å²) in [4.78, 5) is 1.05. The molecule has 4 heteroatoms. The third-order valence-electron chi connectivity index (χ3n) is 1.85. The van der Waals surface area contributed by atoms with E-state index in [4.69, 9.17) is 10.8 Å². The van der Waals surface area contributed by atoms with Crippen LogP contribution >= 0.6 is 11.8 Å². The zero-order chi connectivity index (χ0) is 10.6. The van der Waals surface area contributed by atoms with Gasteiger partial charge in [-0.1, -0.05) is 6.07 Å². The predicted octanol–water partition coefficient (Wildman–Crippen LogP) is 1.02. The lowest BCUT2D eigenvalue weighted by Gasteiger charge is -2.09. The van der Waals surface area contributed by atoms with Gasteiger partial charge in [0.25, 0.3) is 0 Å². The Balaban J connectivity index is 2.62. The molecule has 0 saturated carbocycles. The average Bonchev–Trinajstić information content (AvgIpc) is 2.19. The Morgan fingerprint density at radius 3 is 2.86 bits per heavy atom. The Morgan fingerprint density at radius 2 is 2.21 bits per heavy atom. The van der Waals surface area contributed by atoms with Gasteiger partial charge in [0.2, 0.25) is 0 Å². The average molecular weight is 213 g/mol. The molecule has 1 rings (SSSR count). The molecule has 3 nitrogen and oxygen atoms in total. The fourth-order valence-corrected chi connectivity index (χ4v) is 2.00. The van der Waals surface area contributed by atoms with Gasteiger partial charge in [0.05, 0.1) is 12.7 Å². The molecule has 0 heterocycles. The summed E-state index contributed by atoms with van der Waals surface area (Å²) in [5.74, 6) is 0.487. The minimum absolute atomic E-state index is 0.200. The fraction of sp³-hybridized carbons (Fsp3) is 0.400. The summed E-state index contributed by atoms with van der Waals surface area (Å²) < 4.78 is 0. The van der Waals surface area contributed by atoms with Gasteiger partial charge < -0.3 is 15.9 Å². The number of nitrogen functional groups attached to an aromatic ring is 1. The number of benzene rings is 1. The molecule has 1 atom stereocenters. The molecule has 1 unspecified atom stereocenters. The van der Waals surface area contributed by atoms with Gasteiger partial charge in [-0.15, -0.1) is 11.8 Å². The molecular weight excluding hydrogens is 198 g/mol. The topological polar surface area (TPSA) is 66.5 Å². The van der Waals surface area contributed by atoms with Crippen molar-refractivity contribution in [3.05, 3.63) is 23.8 Å². The van der Waals surface area contributed by atoms with Gasteiger partial charge in [-0.3, -0.25) is 0 Å². The van der Waals surface area contributed by atoms with E-state index < -0.39 is 6.10 Å². The van der Waals surface area contributed by atoms with Crippen molar-refractivity contribution < 1.29 is 10.2 Å². The first-order chi connectivity index (χ1) is 6.63. The summed E-state index contributed by atoms with van der Waals surface area (Å²) in [6.07, 6.45) is -0.666. The summed E-state index contributed by atoms with van der Waals surface area (Å²) >= 11 is 1.50. The van der Waals surface area contributed by atoms with Crippen molar-refractivity contribution in [2.45, 2.75) is 17.9 Å². The molecule has 0 bridgehead atoms. The van der Waals surface area contributed by atoms with Crippen LogP contribution in [0.2, 0.25) is 0 Å². The molecule has 1 aromatic carbocycles. The van der Waals surface area contributed by atoms with Crippen molar-refractivity contribution in [2.75, 3.05) is 18.1 Å². The van der Waals surface area contributed by atoms with Gasteiger partial charge in [0.1, 0.15) is 0 Å². The number of thioether (sulfide) groups is 1. The molecule has 0 fully saturated rings. The van der Waals surface area contributed by atoms with Crippen molar-refractivity contribution in [3.63, 3.8) is 0 Å². The smallest absolute Gasteiger partial charge is 0.0864 e. The van der Waals surface area contributed by atoms with Gasteiger partial charge in [-0.2, -0.15) is 0 Å². The second-order valence-corrected chi connectivity index (χ2v) is 4.23. The van der Waals surface area contributed by atoms with E-state index in [0.29, 0.717) is 5.75 Å². The first-order valence-corrected chi connectivity index (χ1v) is 5.40. The van der Waals surface area contributed by atoms with Crippen LogP contribution in [-0.4, -0.2) is 28.7 Å². The lowest BCUT2D eigenvalue weighted by Crippen LogP contribution is -2.14. The standard InChI is InChI=1S/C10H15NO2S/c1-7-2-3-8(11)4-10(7)14-6-9(13)5-12/h2-4,9,12-13H,5-6,11H2,1H3. The van der Waals surface area contributed by atoms with Gasteiger partial charge in [-0.05, 0) is 24.6 Å². The molecule has 14 heavy (non-hydrogen) atoms. The highest BCUT2D eigenvalue weighted by Crippen LogP contribution is 2.24. The number of hydrogen-bond acceptors (Lipinski definition) is 4. The molecule has 0 aliphatic carbocycles. The van der Waals surface area contributed by atoms with E-state index in [9.17, 15) is 5.11 Å². The van der Waals surface area contributed by atoms with Crippen LogP contribution in [0.1, 0.15) is 5.56 Å². The first kappa shape index (κ1) is 11.4. The zero-order valence-electron chi connectivity index (χ0n) is 8.10. The van der Waals surface area contributed by atoms with E-state index in [2.05, 4.69) is 0 Å². The Hall–Kier alpha value is -0.710. The van der Waals surface area contributed by atoms with E-state index in [1.807, 2.05) is 25.1 Å². The number of nitrogens with two attached hydrogens (primary N) is 1. The molecule has 0 aliphatic rings. The van der Waals surface area contributed by atoms with Crippen molar-refractivity contribution in [1.82, 2.24) is 0 Å². The van der Waals surface area contributed by atoms with Crippen molar-refractivity contribution in [3.8, 4) is 0 Å². The van der Waals surface area contributed by atoms with E-state index >= 15 is 0 Å². The Bertz CT molecular complexity index is 304. The number of rotatable bonds is 4. The molecule has 0 spiro atoms. The van der Waals surface area contributed by atoms with Crippen molar-refractivity contribution >= 4 is 17.4 Å². The van der Waals surface area contributed by atoms with Gasteiger partial charge in [-0.25, -0.2) is 0 Å². The van der Waals surface area contributed by atoms with Crippen LogP contribution in [0.3, 0.4) is 0 Å². The maximum Gasteiger partial charge on any atom is 0.0864 e. The van der Waals surface area contributed by atoms with Gasteiger partial charge >= 0.3 is 0 Å². The second kappa shape index (κ2) is 5.24. The summed E-state index contributed by atoms with van der Waals surface area (Å²) in [5.41, 5.74) is 7.49. The third-order valence-corrected chi connectivity index (χ3v) is 3.16. The van der Waals surface area contributed by atoms with E-state index in [1.54, 1.807) is 0 Å². The lowest BCUT2D eigenvalue weighted by molar-refractivity contribution is 0.113. The predicted molar refractivity (Wildman–Crippen MR) is 59.4 cm³/mol. The monoisotopic (exact) mass is 213 g/mol. The van der Waals surface area contributed by atoms with E-state index in [0.717, 1.165) is 16.1 Å². The molecule has 0 amide bonds. The molecule has 0 aromatic heterocycles. The van der Waals surface area contributed by atoms with E-state index in [1.165, 1.54) is 11.8 Å². The SMILES string of the molecule is Cc1ccc(N)cc1SCC(O)CO. The number of hydrogen-bond donors (Lipinski definition) is 3. The Kier molecular flexibility index (Phi) is 4.25. The Morgan fingerprint density at radius 1 is 1.50 bits per heavy atom. The first-order valence-electron chi connectivity index (χ1n) is 4.41. The second-order valence-electron chi connectivity index (χ2n) is 3.17. The summed E-state index contributed by atoms with van der Waals surface area (Å²) in [7, 11) is 0. The molecule has 4 N–H and O–H groups in total. The van der Waals surface area contributed by atoms with Crippen LogP contribution in [-0.2, 0) is 0 Å². The molecule has 1 aromatic rings. The van der Waals surface area contributed by atoms with Crippen LogP contribution in [0, 0.1) is 6.92 Å². The van der Waals surface area contributed by atoms with Crippen molar-refractivity contribution in [1.29, 1.82) is 0 Å². The lowest BCUT2D eigenvalue weighted by atomic mass is 10.2. The highest BCUT2D eigenvalue weighted by atomic mass is 32.2. The minimum atomic E-state index is -0.666. The highest BCUT2D eigenvalue weighted by molar-refractivity contribution is 7.99. The zero-order valence-corrected chi connectivity index (χ0v) is 8.92. The highest BCUT2D eigenvalue weighted by Gasteiger charge is 2.05. The number of aliphatic hydroxyl groups excluding tert-OH is 2. The quantitative estimate of drug-likeness (QED) is 0.516. The Labute approximate surface area is 87.9 Å². The van der Waals surface area contributed by atoms with Crippen LogP contribution in [0.4, 0.5) is 5.69 Å². The molecule has 0 radical (unpaired) electrons.